The molecule has 7 heteroatoms. The number of aromatic nitrogens is 1. The van der Waals surface area contributed by atoms with Gasteiger partial charge in [-0.25, -0.2) is 8.78 Å². The maximum atomic E-state index is 13.9. The molecule has 5 nitrogen and oxygen atoms in total. The molecule has 0 saturated carbocycles. The van der Waals surface area contributed by atoms with Gasteiger partial charge in [-0.05, 0) is 23.8 Å². The fourth-order valence-electron chi connectivity index (χ4n) is 3.07. The molecule has 1 N–H and O–H groups in total. The topological polar surface area (TPSA) is 35.8 Å². The van der Waals surface area contributed by atoms with Crippen molar-refractivity contribution < 1.29 is 8.78 Å². The summed E-state index contributed by atoms with van der Waals surface area (Å²) in [5.74, 6) is 0.0174. The molecule has 0 radical (unpaired) electrons. The van der Waals surface area contributed by atoms with E-state index in [9.17, 15) is 8.78 Å². The van der Waals surface area contributed by atoms with Crippen molar-refractivity contribution in [2.75, 3.05) is 38.1 Å². The second-order valence-electron chi connectivity index (χ2n) is 6.16. The number of nitrogens with zero attached hydrogens (tertiary/aromatic N) is 4. The molecule has 0 aliphatic carbocycles. The second kappa shape index (κ2) is 7.55. The predicted octanol–water partition coefficient (Wildman–Crippen LogP) is 2.20. The number of hydrogen-bond donors (Lipinski definition) is 1. The van der Waals surface area contributed by atoms with Gasteiger partial charge in [0, 0.05) is 65.3 Å². The fourth-order valence-corrected chi connectivity index (χ4v) is 3.07. The lowest BCUT2D eigenvalue weighted by atomic mass is 10.2. The first-order valence-corrected chi connectivity index (χ1v) is 8.33. The number of aryl methyl sites for hydroxylation is 1. The summed E-state index contributed by atoms with van der Waals surface area (Å²) < 4.78 is 29.3. The number of nitrogens with one attached hydrogen (secondary N) is 1. The Bertz CT molecular complexity index is 748. The molecular weight excluding hydrogens is 324 g/mol. The monoisotopic (exact) mass is 347 g/mol. The highest BCUT2D eigenvalue weighted by Gasteiger charge is 2.22. The summed E-state index contributed by atoms with van der Waals surface area (Å²) in [4.78, 5) is 8.35. The van der Waals surface area contributed by atoms with Crippen LogP contribution < -0.4 is 10.2 Å². The summed E-state index contributed by atoms with van der Waals surface area (Å²) in [5.41, 5.74) is 1.51. The van der Waals surface area contributed by atoms with Crippen molar-refractivity contribution in [3.05, 3.63) is 53.9 Å². The molecule has 0 unspecified atom stereocenters. The third-order valence-electron chi connectivity index (χ3n) is 4.38. The molecule has 1 aromatic carbocycles. The van der Waals surface area contributed by atoms with Crippen LogP contribution >= 0.6 is 0 Å². The molecular formula is C18H23F2N5. The van der Waals surface area contributed by atoms with Crippen molar-refractivity contribution in [3.63, 3.8) is 0 Å². The lowest BCUT2D eigenvalue weighted by molar-refractivity contribution is 0.370. The number of guanidine groups is 1. The number of halogens is 2. The summed E-state index contributed by atoms with van der Waals surface area (Å²) in [7, 11) is 3.75. The first-order valence-electron chi connectivity index (χ1n) is 8.33. The number of hydrogen-bond acceptors (Lipinski definition) is 2. The van der Waals surface area contributed by atoms with Crippen LogP contribution in [-0.4, -0.2) is 48.7 Å². The van der Waals surface area contributed by atoms with E-state index in [4.69, 9.17) is 0 Å². The van der Waals surface area contributed by atoms with Gasteiger partial charge in [0.05, 0.1) is 5.69 Å². The van der Waals surface area contributed by atoms with Gasteiger partial charge in [0.15, 0.2) is 5.96 Å². The van der Waals surface area contributed by atoms with Crippen LogP contribution in [0, 0.1) is 11.6 Å². The van der Waals surface area contributed by atoms with Crippen molar-refractivity contribution in [2.45, 2.75) is 6.54 Å². The normalized spacial score (nSPS) is 15.6. The van der Waals surface area contributed by atoms with E-state index < -0.39 is 5.82 Å². The lowest BCUT2D eigenvalue weighted by Gasteiger charge is -2.37. The molecule has 3 rings (SSSR count). The van der Waals surface area contributed by atoms with Gasteiger partial charge in [0.2, 0.25) is 0 Å². The molecule has 2 aromatic rings. The number of rotatable bonds is 3. The molecule has 1 aliphatic heterocycles. The molecule has 1 fully saturated rings. The Labute approximate surface area is 146 Å². The molecule has 25 heavy (non-hydrogen) atoms. The van der Waals surface area contributed by atoms with Gasteiger partial charge in [0.25, 0.3) is 0 Å². The lowest BCUT2D eigenvalue weighted by Crippen LogP contribution is -2.52. The molecule has 1 saturated heterocycles. The van der Waals surface area contributed by atoms with E-state index >= 15 is 0 Å². The Morgan fingerprint density at radius 2 is 1.92 bits per heavy atom. The smallest absolute Gasteiger partial charge is 0.194 e. The molecule has 0 amide bonds. The van der Waals surface area contributed by atoms with Crippen molar-refractivity contribution >= 4 is 11.6 Å². The van der Waals surface area contributed by atoms with Crippen molar-refractivity contribution in [2.24, 2.45) is 12.0 Å². The van der Waals surface area contributed by atoms with E-state index in [0.29, 0.717) is 38.4 Å². The van der Waals surface area contributed by atoms with Gasteiger partial charge in [0.1, 0.15) is 11.6 Å². The van der Waals surface area contributed by atoms with E-state index in [1.807, 2.05) is 22.7 Å². The molecule has 0 spiro atoms. The van der Waals surface area contributed by atoms with E-state index in [1.165, 1.54) is 17.7 Å². The highest BCUT2D eigenvalue weighted by molar-refractivity contribution is 5.80. The predicted molar refractivity (Wildman–Crippen MR) is 95.8 cm³/mol. The maximum absolute atomic E-state index is 13.9. The van der Waals surface area contributed by atoms with E-state index in [2.05, 4.69) is 27.5 Å². The number of piperazine rings is 1. The number of anilines is 1. The highest BCUT2D eigenvalue weighted by atomic mass is 19.1. The zero-order valence-corrected chi connectivity index (χ0v) is 14.5. The third-order valence-corrected chi connectivity index (χ3v) is 4.38. The zero-order valence-electron chi connectivity index (χ0n) is 14.5. The van der Waals surface area contributed by atoms with Crippen LogP contribution in [0.15, 0.2) is 41.7 Å². The Balaban J connectivity index is 1.57. The Morgan fingerprint density at radius 1 is 1.16 bits per heavy atom. The van der Waals surface area contributed by atoms with Crippen molar-refractivity contribution in [1.29, 1.82) is 0 Å². The van der Waals surface area contributed by atoms with Crippen LogP contribution in [0.3, 0.4) is 0 Å². The summed E-state index contributed by atoms with van der Waals surface area (Å²) in [5, 5.41) is 3.35. The van der Waals surface area contributed by atoms with Crippen LogP contribution in [0.5, 0.6) is 0 Å². The maximum Gasteiger partial charge on any atom is 0.194 e. The summed E-state index contributed by atoms with van der Waals surface area (Å²) in [6.45, 7) is 3.33. The van der Waals surface area contributed by atoms with Gasteiger partial charge in [-0.15, -0.1) is 0 Å². The third kappa shape index (κ3) is 4.10. The average molecular weight is 347 g/mol. The molecule has 0 bridgehead atoms. The first kappa shape index (κ1) is 17.3. The summed E-state index contributed by atoms with van der Waals surface area (Å²) >= 11 is 0. The second-order valence-corrected chi connectivity index (χ2v) is 6.16. The van der Waals surface area contributed by atoms with Gasteiger partial charge < -0.3 is 19.7 Å². The van der Waals surface area contributed by atoms with Gasteiger partial charge in [-0.3, -0.25) is 4.99 Å². The van der Waals surface area contributed by atoms with Gasteiger partial charge in [-0.2, -0.15) is 0 Å². The number of aliphatic imine (C=N–C) groups is 1. The van der Waals surface area contributed by atoms with Crippen LogP contribution in [-0.2, 0) is 13.6 Å². The van der Waals surface area contributed by atoms with Gasteiger partial charge in [-0.1, -0.05) is 0 Å². The summed E-state index contributed by atoms with van der Waals surface area (Å²) in [6.07, 6.45) is 4.07. The molecule has 134 valence electrons. The zero-order chi connectivity index (χ0) is 17.8. The minimum Gasteiger partial charge on any atom is -0.366 e. The quantitative estimate of drug-likeness (QED) is 0.683. The molecule has 2 heterocycles. The van der Waals surface area contributed by atoms with E-state index in [0.717, 1.165) is 12.0 Å². The molecule has 1 aromatic heterocycles. The van der Waals surface area contributed by atoms with Crippen molar-refractivity contribution in [3.8, 4) is 0 Å². The largest absolute Gasteiger partial charge is 0.366 e. The first-order chi connectivity index (χ1) is 12.1. The Morgan fingerprint density at radius 3 is 2.56 bits per heavy atom. The fraction of sp³-hybridized carbons (Fsp3) is 0.389. The Hall–Kier alpha value is -2.57. The SMILES string of the molecule is CN=C(NCc1ccn(C)c1)N1CCN(c2cc(F)ccc2F)CC1. The van der Waals surface area contributed by atoms with Crippen LogP contribution in [0.4, 0.5) is 14.5 Å². The van der Waals surface area contributed by atoms with Crippen molar-refractivity contribution in [1.82, 2.24) is 14.8 Å². The van der Waals surface area contributed by atoms with Crippen LogP contribution in [0.25, 0.3) is 0 Å². The highest BCUT2D eigenvalue weighted by Crippen LogP contribution is 2.21. The molecule has 0 atom stereocenters. The summed E-state index contributed by atoms with van der Waals surface area (Å²) in [6, 6.07) is 5.64. The molecule has 1 aliphatic rings. The Kier molecular flexibility index (Phi) is 5.21. The van der Waals surface area contributed by atoms with Crippen LogP contribution in [0.1, 0.15) is 5.56 Å². The average Bonchev–Trinajstić information content (AvgIpc) is 3.03. The minimum absolute atomic E-state index is 0.326. The van der Waals surface area contributed by atoms with E-state index in [1.54, 1.807) is 7.05 Å². The van der Waals surface area contributed by atoms with Gasteiger partial charge >= 0.3 is 0 Å². The number of benzene rings is 1. The van der Waals surface area contributed by atoms with E-state index in [-0.39, 0.29) is 5.82 Å². The van der Waals surface area contributed by atoms with Crippen LogP contribution in [0.2, 0.25) is 0 Å². The minimum atomic E-state index is -0.417. The standard InChI is InChI=1S/C18H23F2N5/c1-21-18(22-12-14-5-6-23(2)13-14)25-9-7-24(8-10-25)17-11-15(19)3-4-16(17)20/h3-6,11,13H,7-10,12H2,1-2H3,(H,21,22).